The highest BCUT2D eigenvalue weighted by Gasteiger charge is 2.05. The van der Waals surface area contributed by atoms with Gasteiger partial charge in [0.25, 0.3) is 0 Å². The Labute approximate surface area is 111 Å². The lowest BCUT2D eigenvalue weighted by Gasteiger charge is -2.07. The molecular formula is C14H16N2OS. The lowest BCUT2D eigenvalue weighted by molar-refractivity contribution is -0.116. The summed E-state index contributed by atoms with van der Waals surface area (Å²) in [6, 6.07) is 5.95. The minimum Gasteiger partial charge on any atom is -0.326 e. The van der Waals surface area contributed by atoms with Gasteiger partial charge in [-0.25, -0.2) is 4.98 Å². The number of hydrogen-bond donors (Lipinski definition) is 1. The number of nitrogens with one attached hydrogen (secondary N) is 1. The van der Waals surface area contributed by atoms with Crippen molar-refractivity contribution in [1.29, 1.82) is 0 Å². The van der Waals surface area contributed by atoms with E-state index in [4.69, 9.17) is 0 Å². The molecule has 4 heteroatoms. The van der Waals surface area contributed by atoms with Crippen LogP contribution < -0.4 is 5.32 Å². The monoisotopic (exact) mass is 260 g/mol. The number of benzene rings is 1. The van der Waals surface area contributed by atoms with Crippen LogP contribution in [-0.4, -0.2) is 10.9 Å². The van der Waals surface area contributed by atoms with Gasteiger partial charge < -0.3 is 5.32 Å². The molecule has 0 aliphatic heterocycles. The first kappa shape index (κ1) is 12.8. The number of carbonyl (C=O) groups excluding carboxylic acids is 1. The van der Waals surface area contributed by atoms with Gasteiger partial charge in [-0.2, -0.15) is 0 Å². The summed E-state index contributed by atoms with van der Waals surface area (Å²) in [5.74, 6) is 0.0356. The number of amides is 1. The van der Waals surface area contributed by atoms with E-state index < -0.39 is 0 Å². The van der Waals surface area contributed by atoms with Crippen LogP contribution in [0.15, 0.2) is 29.8 Å². The molecule has 0 bridgehead atoms. The molecule has 0 spiro atoms. The molecule has 0 unspecified atom stereocenters. The summed E-state index contributed by atoms with van der Waals surface area (Å²) in [6.07, 6.45) is 2.94. The van der Waals surface area contributed by atoms with Gasteiger partial charge in [0.2, 0.25) is 5.91 Å². The highest BCUT2D eigenvalue weighted by Crippen LogP contribution is 2.15. The third kappa shape index (κ3) is 3.40. The number of nitrogens with zero attached hydrogens (tertiary/aromatic N) is 1. The predicted octanol–water partition coefficient (Wildman–Crippen LogP) is 3.33. The fraction of sp³-hybridized carbons (Fsp3) is 0.286. The molecule has 1 N–H and O–H groups in total. The summed E-state index contributed by atoms with van der Waals surface area (Å²) in [6.45, 7) is 4.10. The second-order valence-electron chi connectivity index (χ2n) is 4.27. The molecule has 0 radical (unpaired) electrons. The largest absolute Gasteiger partial charge is 0.326 e. The van der Waals surface area contributed by atoms with Crippen LogP contribution in [0.2, 0.25) is 0 Å². The van der Waals surface area contributed by atoms with Crippen LogP contribution in [0.1, 0.15) is 22.6 Å². The first-order chi connectivity index (χ1) is 8.65. The minimum absolute atomic E-state index is 0.0356. The summed E-state index contributed by atoms with van der Waals surface area (Å²) in [5, 5.41) is 5.84. The van der Waals surface area contributed by atoms with Gasteiger partial charge in [-0.3, -0.25) is 4.79 Å². The maximum Gasteiger partial charge on any atom is 0.224 e. The Morgan fingerprint density at radius 3 is 2.83 bits per heavy atom. The smallest absolute Gasteiger partial charge is 0.224 e. The average Bonchev–Trinajstić information content (AvgIpc) is 2.84. The summed E-state index contributed by atoms with van der Waals surface area (Å²) in [5.41, 5.74) is 3.28. The summed E-state index contributed by atoms with van der Waals surface area (Å²) >= 11 is 1.58. The zero-order valence-electron chi connectivity index (χ0n) is 10.6. The quantitative estimate of drug-likeness (QED) is 0.916. The maximum absolute atomic E-state index is 11.8. The normalized spacial score (nSPS) is 10.3. The van der Waals surface area contributed by atoms with Crippen molar-refractivity contribution in [3.63, 3.8) is 0 Å². The van der Waals surface area contributed by atoms with Crippen LogP contribution in [0.4, 0.5) is 5.69 Å². The number of thiazole rings is 1. The van der Waals surface area contributed by atoms with Crippen molar-refractivity contribution in [2.75, 3.05) is 5.32 Å². The van der Waals surface area contributed by atoms with E-state index in [9.17, 15) is 4.79 Å². The van der Waals surface area contributed by atoms with E-state index in [1.165, 1.54) is 11.1 Å². The lowest BCUT2D eigenvalue weighted by Crippen LogP contribution is -2.12. The average molecular weight is 260 g/mol. The van der Waals surface area contributed by atoms with Gasteiger partial charge in [0, 0.05) is 30.1 Å². The molecule has 0 aliphatic carbocycles. The van der Waals surface area contributed by atoms with E-state index in [0.717, 1.165) is 10.7 Å². The highest BCUT2D eigenvalue weighted by molar-refractivity contribution is 7.09. The van der Waals surface area contributed by atoms with Crippen molar-refractivity contribution in [1.82, 2.24) is 4.98 Å². The van der Waals surface area contributed by atoms with Gasteiger partial charge in [-0.15, -0.1) is 11.3 Å². The summed E-state index contributed by atoms with van der Waals surface area (Å²) in [4.78, 5) is 15.9. The first-order valence-corrected chi connectivity index (χ1v) is 6.78. The van der Waals surface area contributed by atoms with Crippen molar-refractivity contribution < 1.29 is 4.79 Å². The fourth-order valence-electron chi connectivity index (χ4n) is 1.64. The molecule has 1 amide bonds. The summed E-state index contributed by atoms with van der Waals surface area (Å²) in [7, 11) is 0. The lowest BCUT2D eigenvalue weighted by atomic mass is 10.1. The Bertz CT molecular complexity index is 535. The third-order valence-corrected chi connectivity index (χ3v) is 3.68. The molecule has 2 aromatic rings. The molecular weight excluding hydrogens is 244 g/mol. The Morgan fingerprint density at radius 2 is 2.17 bits per heavy atom. The number of anilines is 1. The standard InChI is InChI=1S/C14H16N2OS/c1-10-3-4-12(9-11(10)2)16-13(17)5-6-14-15-7-8-18-14/h3-4,7-9H,5-6H2,1-2H3,(H,16,17). The molecule has 0 saturated carbocycles. The van der Waals surface area contributed by atoms with Crippen LogP contribution in [0.3, 0.4) is 0 Å². The van der Waals surface area contributed by atoms with Crippen molar-refractivity contribution in [3.8, 4) is 0 Å². The highest BCUT2D eigenvalue weighted by atomic mass is 32.1. The SMILES string of the molecule is Cc1ccc(NC(=O)CCc2nccs2)cc1C. The molecule has 94 valence electrons. The van der Waals surface area contributed by atoms with E-state index in [0.29, 0.717) is 12.8 Å². The molecule has 0 aliphatic rings. The number of hydrogen-bond acceptors (Lipinski definition) is 3. The zero-order chi connectivity index (χ0) is 13.0. The topological polar surface area (TPSA) is 42.0 Å². The van der Waals surface area contributed by atoms with Crippen molar-refractivity contribution in [2.45, 2.75) is 26.7 Å². The van der Waals surface area contributed by atoms with Crippen LogP contribution in [-0.2, 0) is 11.2 Å². The number of aryl methyl sites for hydroxylation is 3. The van der Waals surface area contributed by atoms with Gasteiger partial charge >= 0.3 is 0 Å². The van der Waals surface area contributed by atoms with Gasteiger partial charge in [0.15, 0.2) is 0 Å². The van der Waals surface area contributed by atoms with Crippen molar-refractivity contribution in [2.24, 2.45) is 0 Å². The van der Waals surface area contributed by atoms with E-state index in [1.807, 2.05) is 30.5 Å². The number of rotatable bonds is 4. The van der Waals surface area contributed by atoms with Crippen LogP contribution in [0.5, 0.6) is 0 Å². The predicted molar refractivity (Wildman–Crippen MR) is 75.0 cm³/mol. The van der Waals surface area contributed by atoms with Crippen LogP contribution >= 0.6 is 11.3 Å². The minimum atomic E-state index is 0.0356. The first-order valence-electron chi connectivity index (χ1n) is 5.90. The van der Waals surface area contributed by atoms with Gasteiger partial charge in [0.05, 0.1) is 5.01 Å². The van der Waals surface area contributed by atoms with E-state index in [1.54, 1.807) is 17.5 Å². The molecule has 1 aromatic heterocycles. The molecule has 2 rings (SSSR count). The molecule has 3 nitrogen and oxygen atoms in total. The van der Waals surface area contributed by atoms with Crippen LogP contribution in [0.25, 0.3) is 0 Å². The Kier molecular flexibility index (Phi) is 4.10. The van der Waals surface area contributed by atoms with E-state index in [-0.39, 0.29) is 5.91 Å². The van der Waals surface area contributed by atoms with Crippen molar-refractivity contribution in [3.05, 3.63) is 45.9 Å². The van der Waals surface area contributed by atoms with Gasteiger partial charge in [0.1, 0.15) is 0 Å². The number of carbonyl (C=O) groups is 1. The summed E-state index contributed by atoms with van der Waals surface area (Å²) < 4.78 is 0. The van der Waals surface area contributed by atoms with E-state index in [2.05, 4.69) is 17.2 Å². The van der Waals surface area contributed by atoms with Crippen molar-refractivity contribution >= 4 is 22.9 Å². The molecule has 0 fully saturated rings. The maximum atomic E-state index is 11.8. The Hall–Kier alpha value is -1.68. The second-order valence-corrected chi connectivity index (χ2v) is 5.25. The zero-order valence-corrected chi connectivity index (χ0v) is 11.4. The van der Waals surface area contributed by atoms with E-state index >= 15 is 0 Å². The molecule has 0 saturated heterocycles. The van der Waals surface area contributed by atoms with Gasteiger partial charge in [-0.1, -0.05) is 6.07 Å². The number of aromatic nitrogens is 1. The fourth-order valence-corrected chi connectivity index (χ4v) is 2.26. The second kappa shape index (κ2) is 5.78. The molecule has 1 heterocycles. The third-order valence-electron chi connectivity index (χ3n) is 2.84. The Morgan fingerprint density at radius 1 is 1.33 bits per heavy atom. The Balaban J connectivity index is 1.88. The molecule has 1 aromatic carbocycles. The van der Waals surface area contributed by atoms with Crippen LogP contribution in [0, 0.1) is 13.8 Å². The van der Waals surface area contributed by atoms with Gasteiger partial charge in [-0.05, 0) is 37.1 Å². The molecule has 18 heavy (non-hydrogen) atoms. The molecule has 0 atom stereocenters.